The summed E-state index contributed by atoms with van der Waals surface area (Å²) in [6.45, 7) is 1.00. The lowest BCUT2D eigenvalue weighted by molar-refractivity contribution is -0.143. The summed E-state index contributed by atoms with van der Waals surface area (Å²) >= 11 is 0. The maximum atomic E-state index is 12.9. The Labute approximate surface area is 128 Å². The molecule has 0 aromatic carbocycles. The molecule has 7 heteroatoms. The zero-order chi connectivity index (χ0) is 15.6. The maximum Gasteiger partial charge on any atom is 0.308 e. The van der Waals surface area contributed by atoms with Gasteiger partial charge in [-0.1, -0.05) is 6.42 Å². The van der Waals surface area contributed by atoms with Crippen LogP contribution in [0.4, 0.5) is 0 Å². The van der Waals surface area contributed by atoms with E-state index in [1.807, 2.05) is 0 Å². The molecule has 1 aromatic heterocycles. The molecule has 2 unspecified atom stereocenters. The van der Waals surface area contributed by atoms with E-state index in [9.17, 15) is 14.7 Å². The highest BCUT2D eigenvalue weighted by molar-refractivity contribution is 5.85. The number of aromatic nitrogens is 2. The average Bonchev–Trinajstić information content (AvgIpc) is 3.19. The number of hydrogen-bond acceptors (Lipinski definition) is 4. The van der Waals surface area contributed by atoms with Crippen molar-refractivity contribution in [2.24, 2.45) is 5.92 Å². The highest BCUT2D eigenvalue weighted by atomic mass is 16.5. The average molecular weight is 307 g/mol. The Kier molecular flexibility index (Phi) is 4.15. The van der Waals surface area contributed by atoms with Crippen LogP contribution in [-0.2, 0) is 19.9 Å². The number of carboxylic acids is 1. The molecule has 3 rings (SSSR count). The molecule has 1 amide bonds. The Morgan fingerprint density at radius 3 is 2.73 bits per heavy atom. The van der Waals surface area contributed by atoms with Crippen LogP contribution < -0.4 is 5.32 Å². The van der Waals surface area contributed by atoms with Crippen LogP contribution in [0.2, 0.25) is 0 Å². The van der Waals surface area contributed by atoms with Crippen LogP contribution in [0.5, 0.6) is 0 Å². The molecule has 1 saturated carbocycles. The van der Waals surface area contributed by atoms with Gasteiger partial charge in [0.2, 0.25) is 5.91 Å². The lowest BCUT2D eigenvalue weighted by Crippen LogP contribution is -2.55. The molecule has 7 nitrogen and oxygen atoms in total. The molecule has 2 atom stereocenters. The lowest BCUT2D eigenvalue weighted by Gasteiger charge is -2.37. The van der Waals surface area contributed by atoms with E-state index in [0.29, 0.717) is 38.9 Å². The molecule has 0 bridgehead atoms. The van der Waals surface area contributed by atoms with Gasteiger partial charge in [0, 0.05) is 44.5 Å². The van der Waals surface area contributed by atoms with Gasteiger partial charge in [-0.3, -0.25) is 14.3 Å². The van der Waals surface area contributed by atoms with Crippen molar-refractivity contribution in [2.45, 2.75) is 43.7 Å². The summed E-state index contributed by atoms with van der Waals surface area (Å²) in [5.74, 6) is -1.46. The summed E-state index contributed by atoms with van der Waals surface area (Å²) in [5.41, 5.74) is -0.770. The molecule has 0 radical (unpaired) electrons. The van der Waals surface area contributed by atoms with E-state index in [2.05, 4.69) is 10.4 Å². The fourth-order valence-electron chi connectivity index (χ4n) is 3.52. The molecule has 120 valence electrons. The molecule has 1 saturated heterocycles. The summed E-state index contributed by atoms with van der Waals surface area (Å²) in [4.78, 5) is 24.2. The Bertz CT molecular complexity index is 537. The molecular weight excluding hydrogens is 286 g/mol. The van der Waals surface area contributed by atoms with Gasteiger partial charge in [-0.2, -0.15) is 5.10 Å². The number of aliphatic carboxylic acids is 1. The monoisotopic (exact) mass is 307 g/mol. The third kappa shape index (κ3) is 2.61. The fraction of sp³-hybridized carbons (Fsp3) is 0.667. The Morgan fingerprint density at radius 1 is 1.32 bits per heavy atom. The van der Waals surface area contributed by atoms with E-state index in [1.54, 1.807) is 23.1 Å². The minimum Gasteiger partial charge on any atom is -0.481 e. The molecule has 1 aliphatic carbocycles. The van der Waals surface area contributed by atoms with Crippen molar-refractivity contribution >= 4 is 11.9 Å². The highest BCUT2D eigenvalue weighted by Gasteiger charge is 2.45. The van der Waals surface area contributed by atoms with E-state index in [-0.39, 0.29) is 11.9 Å². The normalized spacial score (nSPS) is 27.5. The van der Waals surface area contributed by atoms with E-state index in [1.165, 1.54) is 0 Å². The molecule has 2 aliphatic rings. The second-order valence-electron chi connectivity index (χ2n) is 6.05. The van der Waals surface area contributed by atoms with Crippen molar-refractivity contribution in [2.75, 3.05) is 13.2 Å². The van der Waals surface area contributed by atoms with Crippen LogP contribution in [0.25, 0.3) is 0 Å². The van der Waals surface area contributed by atoms with Crippen molar-refractivity contribution in [3.8, 4) is 0 Å². The van der Waals surface area contributed by atoms with Crippen LogP contribution in [-0.4, -0.2) is 46.0 Å². The molecule has 2 heterocycles. The van der Waals surface area contributed by atoms with Gasteiger partial charge < -0.3 is 15.2 Å². The van der Waals surface area contributed by atoms with E-state index in [4.69, 9.17) is 4.74 Å². The fourth-order valence-corrected chi connectivity index (χ4v) is 3.52. The van der Waals surface area contributed by atoms with Gasteiger partial charge >= 0.3 is 5.97 Å². The Balaban J connectivity index is 1.80. The smallest absolute Gasteiger partial charge is 0.308 e. The largest absolute Gasteiger partial charge is 0.481 e. The van der Waals surface area contributed by atoms with Crippen LogP contribution in [0.15, 0.2) is 18.5 Å². The first-order chi connectivity index (χ1) is 10.6. The van der Waals surface area contributed by atoms with Crippen LogP contribution in [0.3, 0.4) is 0 Å². The maximum absolute atomic E-state index is 12.9. The van der Waals surface area contributed by atoms with Crippen molar-refractivity contribution in [3.63, 3.8) is 0 Å². The van der Waals surface area contributed by atoms with Crippen LogP contribution in [0.1, 0.15) is 32.1 Å². The standard InChI is InChI=1S/C15H21N3O4/c19-13(20)11-3-1-4-12(11)17-14(21)15(5-9-22-10-6-15)18-8-2-7-16-18/h2,7-8,11-12H,1,3-6,9-10H2,(H,17,21)(H,19,20). The van der Waals surface area contributed by atoms with Gasteiger partial charge in [0.05, 0.1) is 5.92 Å². The Morgan fingerprint density at radius 2 is 2.09 bits per heavy atom. The van der Waals surface area contributed by atoms with Crippen molar-refractivity contribution < 1.29 is 19.4 Å². The summed E-state index contributed by atoms with van der Waals surface area (Å²) in [7, 11) is 0. The molecular formula is C15H21N3O4. The van der Waals surface area contributed by atoms with Crippen molar-refractivity contribution in [1.29, 1.82) is 0 Å². The van der Waals surface area contributed by atoms with Gasteiger partial charge in [0.1, 0.15) is 5.54 Å². The first kappa shape index (κ1) is 15.0. The zero-order valence-electron chi connectivity index (χ0n) is 12.4. The third-order valence-corrected chi connectivity index (χ3v) is 4.84. The SMILES string of the molecule is O=C(O)C1CCCC1NC(=O)C1(n2cccn2)CCOCC1. The van der Waals surface area contributed by atoms with Gasteiger partial charge in [-0.25, -0.2) is 0 Å². The third-order valence-electron chi connectivity index (χ3n) is 4.84. The second kappa shape index (κ2) is 6.08. The molecule has 2 fully saturated rings. The number of ether oxygens (including phenoxy) is 1. The van der Waals surface area contributed by atoms with E-state index < -0.39 is 17.4 Å². The number of nitrogens with zero attached hydrogens (tertiary/aromatic N) is 2. The summed E-state index contributed by atoms with van der Waals surface area (Å²) in [6.07, 6.45) is 6.70. The Hall–Kier alpha value is -1.89. The quantitative estimate of drug-likeness (QED) is 0.856. The predicted octanol–water partition coefficient (Wildman–Crippen LogP) is 0.758. The van der Waals surface area contributed by atoms with E-state index in [0.717, 1.165) is 6.42 Å². The number of hydrogen-bond donors (Lipinski definition) is 2. The summed E-state index contributed by atoms with van der Waals surface area (Å²) < 4.78 is 7.08. The number of amides is 1. The highest BCUT2D eigenvalue weighted by Crippen LogP contribution is 2.31. The second-order valence-corrected chi connectivity index (χ2v) is 6.05. The van der Waals surface area contributed by atoms with Crippen LogP contribution >= 0.6 is 0 Å². The number of nitrogens with one attached hydrogen (secondary N) is 1. The number of rotatable bonds is 4. The molecule has 22 heavy (non-hydrogen) atoms. The topological polar surface area (TPSA) is 93.5 Å². The minimum absolute atomic E-state index is 0.141. The van der Waals surface area contributed by atoms with Crippen molar-refractivity contribution in [1.82, 2.24) is 15.1 Å². The predicted molar refractivity (Wildman–Crippen MR) is 77.2 cm³/mol. The van der Waals surface area contributed by atoms with E-state index >= 15 is 0 Å². The minimum atomic E-state index is -0.831. The lowest BCUT2D eigenvalue weighted by atomic mass is 9.88. The zero-order valence-corrected chi connectivity index (χ0v) is 12.4. The molecule has 1 aromatic rings. The summed E-state index contributed by atoms with van der Waals surface area (Å²) in [6, 6.07) is 1.50. The van der Waals surface area contributed by atoms with Crippen LogP contribution in [0, 0.1) is 5.92 Å². The molecule has 2 N–H and O–H groups in total. The van der Waals surface area contributed by atoms with Gasteiger partial charge in [0.15, 0.2) is 0 Å². The first-order valence-corrected chi connectivity index (χ1v) is 7.75. The van der Waals surface area contributed by atoms with Gasteiger partial charge in [-0.15, -0.1) is 0 Å². The van der Waals surface area contributed by atoms with Gasteiger partial charge in [-0.05, 0) is 18.9 Å². The number of carboxylic acid groups (broad SMARTS) is 1. The first-order valence-electron chi connectivity index (χ1n) is 7.75. The number of carbonyl (C=O) groups excluding carboxylic acids is 1. The number of carbonyl (C=O) groups is 2. The van der Waals surface area contributed by atoms with Crippen molar-refractivity contribution in [3.05, 3.63) is 18.5 Å². The molecule has 0 spiro atoms. The summed E-state index contributed by atoms with van der Waals surface area (Å²) in [5, 5.41) is 16.5. The van der Waals surface area contributed by atoms with Gasteiger partial charge in [0.25, 0.3) is 0 Å². The molecule has 1 aliphatic heterocycles.